The summed E-state index contributed by atoms with van der Waals surface area (Å²) in [6.45, 7) is 2.78. The van der Waals surface area contributed by atoms with Crippen molar-refractivity contribution < 1.29 is 0 Å². The summed E-state index contributed by atoms with van der Waals surface area (Å²) in [5.74, 6) is 1.63. The molecule has 0 unspecified atom stereocenters. The molecule has 0 spiro atoms. The Balaban J connectivity index is 2.13. The molecule has 0 aliphatic carbocycles. The van der Waals surface area contributed by atoms with Crippen LogP contribution in [0.3, 0.4) is 0 Å². The first-order valence-corrected chi connectivity index (χ1v) is 7.19. The molecule has 0 radical (unpaired) electrons. The number of nitrogens with one attached hydrogen (secondary N) is 2. The molecule has 2 rings (SSSR count). The van der Waals surface area contributed by atoms with Crippen LogP contribution in [0, 0.1) is 6.92 Å². The van der Waals surface area contributed by atoms with Gasteiger partial charge in [0.2, 0.25) is 0 Å². The van der Waals surface area contributed by atoms with Crippen LogP contribution in [0.1, 0.15) is 11.1 Å². The molecule has 0 fully saturated rings. The molecule has 0 bridgehead atoms. The van der Waals surface area contributed by atoms with Gasteiger partial charge in [-0.1, -0.05) is 11.8 Å². The van der Waals surface area contributed by atoms with Crippen molar-refractivity contribution >= 4 is 23.4 Å². The average molecular weight is 275 g/mol. The highest BCUT2D eigenvalue weighted by Gasteiger charge is 2.03. The van der Waals surface area contributed by atoms with Crippen molar-refractivity contribution in [1.82, 2.24) is 15.0 Å². The van der Waals surface area contributed by atoms with E-state index in [0.29, 0.717) is 0 Å². The minimum Gasteiger partial charge on any atom is -0.373 e. The molecule has 2 heterocycles. The maximum Gasteiger partial charge on any atom is 0.191 e. The van der Waals surface area contributed by atoms with Crippen LogP contribution in [0.25, 0.3) is 0 Å². The Morgan fingerprint density at radius 1 is 1.26 bits per heavy atom. The predicted molar refractivity (Wildman–Crippen MR) is 79.7 cm³/mol. The van der Waals surface area contributed by atoms with Crippen molar-refractivity contribution in [1.29, 1.82) is 0 Å². The van der Waals surface area contributed by atoms with Gasteiger partial charge >= 0.3 is 0 Å². The summed E-state index contributed by atoms with van der Waals surface area (Å²) in [6, 6.07) is 3.91. The number of hydrogen-bond acceptors (Lipinski definition) is 6. The van der Waals surface area contributed by atoms with E-state index >= 15 is 0 Å². The third-order valence-electron chi connectivity index (χ3n) is 2.74. The Bertz CT molecular complexity index is 536. The fourth-order valence-corrected chi connectivity index (χ4v) is 2.00. The zero-order valence-corrected chi connectivity index (χ0v) is 12.1. The molecule has 2 N–H and O–H groups in total. The lowest BCUT2D eigenvalue weighted by Crippen LogP contribution is -2.05. The lowest BCUT2D eigenvalue weighted by Gasteiger charge is -2.10. The third-order valence-corrected chi connectivity index (χ3v) is 3.29. The zero-order chi connectivity index (χ0) is 13.7. The molecule has 0 amide bonds. The maximum absolute atomic E-state index is 4.43. The lowest BCUT2D eigenvalue weighted by molar-refractivity contribution is 0.955. The Kier molecular flexibility index (Phi) is 4.57. The minimum atomic E-state index is 0.725. The molecule has 6 heteroatoms. The zero-order valence-electron chi connectivity index (χ0n) is 11.3. The van der Waals surface area contributed by atoms with E-state index in [1.54, 1.807) is 6.20 Å². The van der Waals surface area contributed by atoms with Gasteiger partial charge in [-0.3, -0.25) is 4.98 Å². The largest absolute Gasteiger partial charge is 0.373 e. The number of aromatic nitrogens is 3. The van der Waals surface area contributed by atoms with E-state index in [0.717, 1.165) is 23.3 Å². The van der Waals surface area contributed by atoms with Crippen molar-refractivity contribution in [3.63, 3.8) is 0 Å². The number of anilines is 2. The second kappa shape index (κ2) is 6.38. The molecule has 0 aliphatic rings. The van der Waals surface area contributed by atoms with Crippen LogP contribution in [0.15, 0.2) is 29.7 Å². The van der Waals surface area contributed by atoms with Gasteiger partial charge in [-0.25, -0.2) is 9.97 Å². The second-order valence-electron chi connectivity index (χ2n) is 4.03. The smallest absolute Gasteiger partial charge is 0.191 e. The van der Waals surface area contributed by atoms with Gasteiger partial charge < -0.3 is 10.6 Å². The van der Waals surface area contributed by atoms with Gasteiger partial charge in [-0.2, -0.15) is 0 Å². The summed E-state index contributed by atoms with van der Waals surface area (Å²) in [4.78, 5) is 12.9. The molecule has 0 atom stereocenters. The van der Waals surface area contributed by atoms with Crippen LogP contribution in [0.5, 0.6) is 0 Å². The van der Waals surface area contributed by atoms with Crippen LogP contribution in [-0.2, 0) is 6.54 Å². The first kappa shape index (κ1) is 13.6. The van der Waals surface area contributed by atoms with Gasteiger partial charge in [0.05, 0.1) is 0 Å². The Labute approximate surface area is 117 Å². The van der Waals surface area contributed by atoms with E-state index in [4.69, 9.17) is 0 Å². The first-order chi connectivity index (χ1) is 9.22. The molecular formula is C13H17N5S. The number of aryl methyl sites for hydroxylation is 1. The predicted octanol–water partition coefficient (Wildman–Crippen LogP) is 2.56. The van der Waals surface area contributed by atoms with Crippen LogP contribution in [0.2, 0.25) is 0 Å². The number of hydrogen-bond donors (Lipinski definition) is 2. The average Bonchev–Trinajstić information content (AvgIpc) is 2.46. The highest BCUT2D eigenvalue weighted by molar-refractivity contribution is 7.98. The molecule has 2 aromatic rings. The van der Waals surface area contributed by atoms with E-state index < -0.39 is 0 Å². The van der Waals surface area contributed by atoms with Crippen molar-refractivity contribution in [3.8, 4) is 0 Å². The Morgan fingerprint density at radius 3 is 2.74 bits per heavy atom. The van der Waals surface area contributed by atoms with Crippen molar-refractivity contribution in [3.05, 3.63) is 35.7 Å². The molecular weight excluding hydrogens is 258 g/mol. The standard InChI is InChI=1S/C13H17N5S/c1-9-7-15-5-4-10(9)8-16-12-6-11(14-2)17-13(18-12)19-3/h4-7H,8H2,1-3H3,(H2,14,16,17,18). The van der Waals surface area contributed by atoms with Crippen LogP contribution in [-0.4, -0.2) is 28.3 Å². The van der Waals surface area contributed by atoms with Crippen LogP contribution < -0.4 is 10.6 Å². The highest BCUT2D eigenvalue weighted by atomic mass is 32.2. The van der Waals surface area contributed by atoms with Crippen LogP contribution in [0.4, 0.5) is 11.6 Å². The molecule has 0 saturated heterocycles. The quantitative estimate of drug-likeness (QED) is 0.646. The normalized spacial score (nSPS) is 10.3. The van der Waals surface area contributed by atoms with Crippen molar-refractivity contribution in [2.24, 2.45) is 0 Å². The molecule has 19 heavy (non-hydrogen) atoms. The van der Waals surface area contributed by atoms with Gasteiger partial charge in [-0.15, -0.1) is 0 Å². The number of nitrogens with zero attached hydrogens (tertiary/aromatic N) is 3. The summed E-state index contributed by atoms with van der Waals surface area (Å²) in [5.41, 5.74) is 2.38. The topological polar surface area (TPSA) is 62.7 Å². The Morgan fingerprint density at radius 2 is 2.05 bits per heavy atom. The van der Waals surface area contributed by atoms with Crippen molar-refractivity contribution in [2.45, 2.75) is 18.6 Å². The fraction of sp³-hybridized carbons (Fsp3) is 0.308. The summed E-state index contributed by atoms with van der Waals surface area (Å²) >= 11 is 1.53. The monoisotopic (exact) mass is 275 g/mol. The molecule has 0 aromatic carbocycles. The molecule has 5 nitrogen and oxygen atoms in total. The van der Waals surface area contributed by atoms with Gasteiger partial charge in [0, 0.05) is 32.1 Å². The molecule has 0 aliphatic heterocycles. The molecule has 0 saturated carbocycles. The number of pyridine rings is 1. The summed E-state index contributed by atoms with van der Waals surface area (Å²) in [5, 5.41) is 7.11. The van der Waals surface area contributed by atoms with E-state index in [1.165, 1.54) is 22.9 Å². The van der Waals surface area contributed by atoms with Gasteiger partial charge in [0.15, 0.2) is 5.16 Å². The van der Waals surface area contributed by atoms with E-state index in [2.05, 4.69) is 32.5 Å². The van der Waals surface area contributed by atoms with Crippen molar-refractivity contribution in [2.75, 3.05) is 23.9 Å². The van der Waals surface area contributed by atoms with E-state index in [1.807, 2.05) is 31.6 Å². The first-order valence-electron chi connectivity index (χ1n) is 5.97. The lowest BCUT2D eigenvalue weighted by atomic mass is 10.1. The van der Waals surface area contributed by atoms with Gasteiger partial charge in [0.25, 0.3) is 0 Å². The fourth-order valence-electron chi connectivity index (χ4n) is 1.62. The summed E-state index contributed by atoms with van der Waals surface area (Å²) < 4.78 is 0. The number of rotatable bonds is 5. The van der Waals surface area contributed by atoms with E-state index in [9.17, 15) is 0 Å². The van der Waals surface area contributed by atoms with Gasteiger partial charge in [0.1, 0.15) is 11.6 Å². The second-order valence-corrected chi connectivity index (χ2v) is 4.80. The number of thioether (sulfide) groups is 1. The SMILES string of the molecule is CNc1cc(NCc2ccncc2C)nc(SC)n1. The molecule has 2 aromatic heterocycles. The molecule has 100 valence electrons. The summed E-state index contributed by atoms with van der Waals surface area (Å²) in [6.07, 6.45) is 5.63. The van der Waals surface area contributed by atoms with Gasteiger partial charge in [-0.05, 0) is 30.4 Å². The van der Waals surface area contributed by atoms with E-state index in [-0.39, 0.29) is 0 Å². The summed E-state index contributed by atoms with van der Waals surface area (Å²) in [7, 11) is 1.85. The Hall–Kier alpha value is -1.82. The maximum atomic E-state index is 4.43. The minimum absolute atomic E-state index is 0.725. The highest BCUT2D eigenvalue weighted by Crippen LogP contribution is 2.17. The third kappa shape index (κ3) is 3.57. The van der Waals surface area contributed by atoms with Crippen LogP contribution >= 0.6 is 11.8 Å².